The summed E-state index contributed by atoms with van der Waals surface area (Å²) in [6.45, 7) is 8.32. The monoisotopic (exact) mass is 310 g/mol. The Morgan fingerprint density at radius 2 is 1.90 bits per heavy atom. The molecule has 2 N–H and O–H groups in total. The first-order valence-corrected chi connectivity index (χ1v) is 8.61. The number of carbonyl (C=O) groups is 1. The number of carbonyl (C=O) groups excluding carboxylic acids is 1. The van der Waals surface area contributed by atoms with Crippen LogP contribution in [0.4, 0.5) is 0 Å². The average molecular weight is 310 g/mol. The Morgan fingerprint density at radius 3 is 2.38 bits per heavy atom. The molecule has 0 bridgehead atoms. The van der Waals surface area contributed by atoms with Crippen molar-refractivity contribution in [2.24, 2.45) is 11.1 Å². The lowest BCUT2D eigenvalue weighted by Gasteiger charge is -2.22. The number of likely N-dealkylation sites (tertiary alicyclic amines) is 1. The molecule has 5 nitrogen and oxygen atoms in total. The van der Waals surface area contributed by atoms with Gasteiger partial charge in [-0.05, 0) is 56.4 Å². The molecule has 1 aliphatic rings. The van der Waals surface area contributed by atoms with Crippen molar-refractivity contribution in [3.05, 3.63) is 28.8 Å². The van der Waals surface area contributed by atoms with E-state index in [1.807, 2.05) is 11.8 Å². The minimum Gasteiger partial charge on any atom is -0.336 e. The van der Waals surface area contributed by atoms with Crippen LogP contribution >= 0.6 is 0 Å². The van der Waals surface area contributed by atoms with E-state index < -0.39 is 10.0 Å². The van der Waals surface area contributed by atoms with Crippen molar-refractivity contribution in [3.8, 4) is 0 Å². The van der Waals surface area contributed by atoms with Gasteiger partial charge < -0.3 is 4.90 Å². The van der Waals surface area contributed by atoms with E-state index in [1.165, 1.54) is 6.07 Å². The van der Waals surface area contributed by atoms with Gasteiger partial charge in [0.1, 0.15) is 0 Å². The van der Waals surface area contributed by atoms with Crippen LogP contribution in [-0.2, 0) is 10.0 Å². The molecule has 0 radical (unpaired) electrons. The Kier molecular flexibility index (Phi) is 4.13. The van der Waals surface area contributed by atoms with Crippen molar-refractivity contribution in [1.82, 2.24) is 4.90 Å². The number of rotatable bonds is 2. The topological polar surface area (TPSA) is 80.5 Å². The molecule has 2 rings (SSSR count). The molecule has 2 unspecified atom stereocenters. The van der Waals surface area contributed by atoms with Crippen LogP contribution in [0.5, 0.6) is 0 Å². The number of nitrogens with two attached hydrogens (primary N) is 1. The zero-order valence-electron chi connectivity index (χ0n) is 12.9. The summed E-state index contributed by atoms with van der Waals surface area (Å²) < 4.78 is 23.3. The SMILES string of the molecule is Cc1cc(C(=O)N2CC(C)CC2C)cc(S(N)(=O)=O)c1C. The lowest BCUT2D eigenvalue weighted by Crippen LogP contribution is -2.34. The normalized spacial score (nSPS) is 22.6. The highest BCUT2D eigenvalue weighted by atomic mass is 32.2. The van der Waals surface area contributed by atoms with E-state index in [-0.39, 0.29) is 16.8 Å². The summed E-state index contributed by atoms with van der Waals surface area (Å²) in [7, 11) is -3.83. The predicted octanol–water partition coefficient (Wildman–Crippen LogP) is 1.82. The summed E-state index contributed by atoms with van der Waals surface area (Å²) in [5.41, 5.74) is 1.74. The number of aryl methyl sites for hydroxylation is 1. The fourth-order valence-electron chi connectivity index (χ4n) is 2.99. The quantitative estimate of drug-likeness (QED) is 0.904. The van der Waals surface area contributed by atoms with Crippen LogP contribution in [0.2, 0.25) is 0 Å². The molecule has 0 saturated carbocycles. The fraction of sp³-hybridized carbons (Fsp3) is 0.533. The molecule has 1 aromatic rings. The van der Waals surface area contributed by atoms with Crippen LogP contribution < -0.4 is 5.14 Å². The Balaban J connectivity index is 2.46. The first-order chi connectivity index (χ1) is 9.61. The largest absolute Gasteiger partial charge is 0.336 e. The van der Waals surface area contributed by atoms with Crippen molar-refractivity contribution in [2.75, 3.05) is 6.54 Å². The zero-order valence-corrected chi connectivity index (χ0v) is 13.7. The fourth-order valence-corrected chi connectivity index (χ4v) is 3.87. The van der Waals surface area contributed by atoms with Crippen LogP contribution in [0.15, 0.2) is 17.0 Å². The average Bonchev–Trinajstić information content (AvgIpc) is 2.69. The Bertz CT molecular complexity index is 682. The van der Waals surface area contributed by atoms with Gasteiger partial charge in [-0.15, -0.1) is 0 Å². The maximum absolute atomic E-state index is 12.6. The van der Waals surface area contributed by atoms with Gasteiger partial charge in [-0.1, -0.05) is 6.92 Å². The van der Waals surface area contributed by atoms with Crippen molar-refractivity contribution >= 4 is 15.9 Å². The summed E-state index contributed by atoms with van der Waals surface area (Å²) in [5.74, 6) is 0.341. The number of primary sulfonamides is 1. The molecule has 0 aromatic heterocycles. The number of amides is 1. The Morgan fingerprint density at radius 1 is 1.29 bits per heavy atom. The molecule has 1 fully saturated rings. The molecule has 1 aromatic carbocycles. The van der Waals surface area contributed by atoms with E-state index in [0.29, 0.717) is 23.6 Å². The van der Waals surface area contributed by atoms with Crippen LogP contribution in [-0.4, -0.2) is 31.8 Å². The number of benzene rings is 1. The first kappa shape index (κ1) is 16.0. The number of hydrogen-bond donors (Lipinski definition) is 1. The molecule has 1 amide bonds. The molecule has 21 heavy (non-hydrogen) atoms. The molecule has 116 valence electrons. The number of nitrogens with zero attached hydrogens (tertiary/aromatic N) is 1. The van der Waals surface area contributed by atoms with Gasteiger partial charge in [0.2, 0.25) is 10.0 Å². The minimum absolute atomic E-state index is 0.0331. The maximum atomic E-state index is 12.6. The highest BCUT2D eigenvalue weighted by Crippen LogP contribution is 2.26. The van der Waals surface area contributed by atoms with E-state index in [1.54, 1.807) is 19.9 Å². The van der Waals surface area contributed by atoms with E-state index in [0.717, 1.165) is 12.0 Å². The third-order valence-corrected chi connectivity index (χ3v) is 5.26. The molecule has 1 heterocycles. The summed E-state index contributed by atoms with van der Waals surface area (Å²) in [6.07, 6.45) is 0.971. The van der Waals surface area contributed by atoms with Crippen molar-refractivity contribution < 1.29 is 13.2 Å². The van der Waals surface area contributed by atoms with Gasteiger partial charge in [-0.3, -0.25) is 4.79 Å². The van der Waals surface area contributed by atoms with Gasteiger partial charge in [0.05, 0.1) is 4.90 Å². The third kappa shape index (κ3) is 3.11. The summed E-state index contributed by atoms with van der Waals surface area (Å²) in [5, 5.41) is 5.25. The van der Waals surface area contributed by atoms with E-state index in [4.69, 9.17) is 5.14 Å². The Hall–Kier alpha value is -1.40. The van der Waals surface area contributed by atoms with Crippen molar-refractivity contribution in [3.63, 3.8) is 0 Å². The molecule has 1 saturated heterocycles. The lowest BCUT2D eigenvalue weighted by molar-refractivity contribution is 0.0743. The molecule has 6 heteroatoms. The van der Waals surface area contributed by atoms with Gasteiger partial charge in [0.25, 0.3) is 5.91 Å². The first-order valence-electron chi connectivity index (χ1n) is 7.06. The maximum Gasteiger partial charge on any atom is 0.254 e. The zero-order chi connectivity index (χ0) is 15.9. The van der Waals surface area contributed by atoms with E-state index >= 15 is 0 Å². The van der Waals surface area contributed by atoms with E-state index in [2.05, 4.69) is 6.92 Å². The van der Waals surface area contributed by atoms with Crippen molar-refractivity contribution in [2.45, 2.75) is 45.1 Å². The van der Waals surface area contributed by atoms with Gasteiger partial charge in [-0.2, -0.15) is 0 Å². The summed E-state index contributed by atoms with van der Waals surface area (Å²) in [6, 6.07) is 3.31. The van der Waals surface area contributed by atoms with Crippen molar-refractivity contribution in [1.29, 1.82) is 0 Å². The Labute approximate surface area is 126 Å². The van der Waals surface area contributed by atoms with Crippen LogP contribution in [0.1, 0.15) is 41.8 Å². The molecular weight excluding hydrogens is 288 g/mol. The highest BCUT2D eigenvalue weighted by Gasteiger charge is 2.31. The highest BCUT2D eigenvalue weighted by molar-refractivity contribution is 7.89. The second-order valence-electron chi connectivity index (χ2n) is 6.11. The molecule has 0 spiro atoms. The second kappa shape index (κ2) is 5.42. The lowest BCUT2D eigenvalue weighted by atomic mass is 10.1. The summed E-state index contributed by atoms with van der Waals surface area (Å²) in [4.78, 5) is 14.5. The summed E-state index contributed by atoms with van der Waals surface area (Å²) >= 11 is 0. The molecule has 1 aliphatic heterocycles. The molecule has 0 aliphatic carbocycles. The van der Waals surface area contributed by atoms with Gasteiger partial charge >= 0.3 is 0 Å². The van der Waals surface area contributed by atoms with Crippen LogP contribution in [0.3, 0.4) is 0 Å². The number of hydrogen-bond acceptors (Lipinski definition) is 3. The molecule has 2 atom stereocenters. The van der Waals surface area contributed by atoms with Crippen LogP contribution in [0, 0.1) is 19.8 Å². The second-order valence-corrected chi connectivity index (χ2v) is 7.64. The third-order valence-electron chi connectivity index (χ3n) is 4.22. The minimum atomic E-state index is -3.83. The predicted molar refractivity (Wildman–Crippen MR) is 81.6 cm³/mol. The standard InChI is InChI=1S/C15H22N2O3S/c1-9-5-11(3)17(8-9)15(18)13-6-10(2)12(4)14(7-13)21(16,19)20/h6-7,9,11H,5,8H2,1-4H3,(H2,16,19,20). The van der Waals surface area contributed by atoms with Gasteiger partial charge in [0, 0.05) is 18.2 Å². The van der Waals surface area contributed by atoms with E-state index in [9.17, 15) is 13.2 Å². The molecular formula is C15H22N2O3S. The number of sulfonamides is 1. The van der Waals surface area contributed by atoms with Crippen LogP contribution in [0.25, 0.3) is 0 Å². The van der Waals surface area contributed by atoms with Gasteiger partial charge in [0.15, 0.2) is 0 Å². The van der Waals surface area contributed by atoms with Gasteiger partial charge in [-0.25, -0.2) is 13.6 Å². The smallest absolute Gasteiger partial charge is 0.254 e.